The molecule has 7 heteroatoms. The molecule has 0 fully saturated rings. The first-order valence-electron chi connectivity index (χ1n) is 8.48. The second-order valence-corrected chi connectivity index (χ2v) is 6.08. The van der Waals surface area contributed by atoms with Gasteiger partial charge in [-0.15, -0.1) is 0 Å². The predicted molar refractivity (Wildman–Crippen MR) is 95.1 cm³/mol. The third-order valence-electron chi connectivity index (χ3n) is 4.05. The van der Waals surface area contributed by atoms with E-state index in [4.69, 9.17) is 14.7 Å². The largest absolute Gasteiger partial charge is 0.479 e. The minimum Gasteiger partial charge on any atom is -0.479 e. The van der Waals surface area contributed by atoms with Gasteiger partial charge in [-0.05, 0) is 45.4 Å². The van der Waals surface area contributed by atoms with Crippen molar-refractivity contribution in [1.82, 2.24) is 10.2 Å². The maximum absolute atomic E-state index is 12.6. The van der Waals surface area contributed by atoms with Crippen molar-refractivity contribution in [3.05, 3.63) is 41.1 Å². The Morgan fingerprint density at radius 1 is 1.35 bits per heavy atom. The standard InChI is InChI=1S/C19H23N3O4/c1-5-25-18(23)16-13(4)22(12(2)3)19(24)21-17(16)14-6-8-15(9-7-14)26-11-10-20/h6-9,12,17H,5,11H2,1-4H3,(H,21,24)/t17-/m0/s1. The highest BCUT2D eigenvalue weighted by Crippen LogP contribution is 2.33. The molecule has 0 bridgehead atoms. The fourth-order valence-electron chi connectivity index (χ4n) is 2.97. The molecule has 0 aliphatic carbocycles. The zero-order chi connectivity index (χ0) is 19.3. The van der Waals surface area contributed by atoms with Gasteiger partial charge in [0.05, 0.1) is 18.2 Å². The van der Waals surface area contributed by atoms with Gasteiger partial charge in [-0.2, -0.15) is 5.26 Å². The summed E-state index contributed by atoms with van der Waals surface area (Å²) in [6.07, 6.45) is 0. The molecule has 0 radical (unpaired) electrons. The molecule has 1 aliphatic rings. The Labute approximate surface area is 153 Å². The first kappa shape index (κ1) is 19.3. The highest BCUT2D eigenvalue weighted by Gasteiger charge is 2.37. The van der Waals surface area contributed by atoms with Gasteiger partial charge < -0.3 is 14.8 Å². The van der Waals surface area contributed by atoms with E-state index in [0.717, 1.165) is 5.56 Å². The smallest absolute Gasteiger partial charge is 0.338 e. The van der Waals surface area contributed by atoms with E-state index in [1.165, 1.54) is 0 Å². The third kappa shape index (κ3) is 3.97. The van der Waals surface area contributed by atoms with E-state index in [2.05, 4.69) is 5.32 Å². The fraction of sp³-hybridized carbons (Fsp3) is 0.421. The molecule has 1 aromatic rings. The third-order valence-corrected chi connectivity index (χ3v) is 4.05. The van der Waals surface area contributed by atoms with Gasteiger partial charge in [0.25, 0.3) is 0 Å². The van der Waals surface area contributed by atoms with Crippen molar-refractivity contribution in [1.29, 1.82) is 5.26 Å². The molecule has 0 spiro atoms. The van der Waals surface area contributed by atoms with Crippen molar-refractivity contribution in [2.75, 3.05) is 13.2 Å². The molecule has 0 unspecified atom stereocenters. The normalized spacial score (nSPS) is 17.0. The number of carbonyl (C=O) groups excluding carboxylic acids is 2. The fourth-order valence-corrected chi connectivity index (χ4v) is 2.97. The van der Waals surface area contributed by atoms with Crippen molar-refractivity contribution in [3.63, 3.8) is 0 Å². The minimum absolute atomic E-state index is 0.0457. The number of rotatable bonds is 6. The number of urea groups is 1. The van der Waals surface area contributed by atoms with Crippen LogP contribution in [0.5, 0.6) is 5.75 Å². The summed E-state index contributed by atoms with van der Waals surface area (Å²) in [5.74, 6) is 0.0880. The lowest BCUT2D eigenvalue weighted by Gasteiger charge is -2.37. The lowest BCUT2D eigenvalue weighted by atomic mass is 9.94. The summed E-state index contributed by atoms with van der Waals surface area (Å²) >= 11 is 0. The number of carbonyl (C=O) groups is 2. The van der Waals surface area contributed by atoms with Crippen LogP contribution < -0.4 is 10.1 Å². The Balaban J connectivity index is 2.43. The van der Waals surface area contributed by atoms with Crippen LogP contribution >= 0.6 is 0 Å². The molecule has 1 N–H and O–H groups in total. The van der Waals surface area contributed by atoms with Gasteiger partial charge in [0, 0.05) is 11.7 Å². The van der Waals surface area contributed by atoms with Crippen LogP contribution in [-0.4, -0.2) is 36.2 Å². The van der Waals surface area contributed by atoms with Crippen molar-refractivity contribution < 1.29 is 19.1 Å². The van der Waals surface area contributed by atoms with Crippen LogP contribution in [0.25, 0.3) is 0 Å². The average Bonchev–Trinajstić information content (AvgIpc) is 2.59. The molecule has 0 aromatic heterocycles. The molecule has 0 saturated carbocycles. The van der Waals surface area contributed by atoms with Crippen LogP contribution in [0.2, 0.25) is 0 Å². The maximum Gasteiger partial charge on any atom is 0.338 e. The summed E-state index contributed by atoms with van der Waals surface area (Å²) in [4.78, 5) is 26.6. The first-order valence-corrected chi connectivity index (χ1v) is 8.48. The number of nitrogens with zero attached hydrogens (tertiary/aromatic N) is 2. The molecule has 1 heterocycles. The van der Waals surface area contributed by atoms with E-state index in [9.17, 15) is 9.59 Å². The van der Waals surface area contributed by atoms with Crippen LogP contribution in [0.1, 0.15) is 39.3 Å². The zero-order valence-electron chi connectivity index (χ0n) is 15.4. The van der Waals surface area contributed by atoms with Crippen LogP contribution in [0.15, 0.2) is 35.5 Å². The van der Waals surface area contributed by atoms with Gasteiger partial charge >= 0.3 is 12.0 Å². The van der Waals surface area contributed by atoms with Gasteiger partial charge in [0.15, 0.2) is 6.61 Å². The van der Waals surface area contributed by atoms with Crippen molar-refractivity contribution in [3.8, 4) is 11.8 Å². The molecule has 7 nitrogen and oxygen atoms in total. The number of nitriles is 1. The summed E-state index contributed by atoms with van der Waals surface area (Å²) in [6, 6.07) is 7.85. The minimum atomic E-state index is -0.610. The molecule has 0 saturated heterocycles. The molecule has 1 aliphatic heterocycles. The van der Waals surface area contributed by atoms with Gasteiger partial charge in [-0.3, -0.25) is 4.90 Å². The number of nitrogens with one attached hydrogen (secondary N) is 1. The van der Waals surface area contributed by atoms with Crippen LogP contribution in [0.4, 0.5) is 4.79 Å². The number of amides is 2. The summed E-state index contributed by atoms with van der Waals surface area (Å²) in [5, 5.41) is 11.5. The van der Waals surface area contributed by atoms with Crippen molar-refractivity contribution in [2.24, 2.45) is 0 Å². The number of allylic oxidation sites excluding steroid dienone is 1. The number of hydrogen-bond donors (Lipinski definition) is 1. The predicted octanol–water partition coefficient (Wildman–Crippen LogP) is 2.90. The Bertz CT molecular complexity index is 747. The zero-order valence-corrected chi connectivity index (χ0v) is 15.4. The monoisotopic (exact) mass is 357 g/mol. The molecular formula is C19H23N3O4. The van der Waals surface area contributed by atoms with Gasteiger partial charge in [0.2, 0.25) is 0 Å². The summed E-state index contributed by atoms with van der Waals surface area (Å²) in [5.41, 5.74) is 1.72. The topological polar surface area (TPSA) is 91.7 Å². The van der Waals surface area contributed by atoms with E-state index in [-0.39, 0.29) is 25.3 Å². The van der Waals surface area contributed by atoms with E-state index in [1.807, 2.05) is 19.9 Å². The van der Waals surface area contributed by atoms with E-state index in [0.29, 0.717) is 17.0 Å². The molecular weight excluding hydrogens is 334 g/mol. The molecule has 2 rings (SSSR count). The molecule has 2 amide bonds. The molecule has 138 valence electrons. The second kappa shape index (κ2) is 8.39. The number of hydrogen-bond acceptors (Lipinski definition) is 5. The molecule has 1 atom stereocenters. The summed E-state index contributed by atoms with van der Waals surface area (Å²) < 4.78 is 10.4. The van der Waals surface area contributed by atoms with Crippen LogP contribution in [0.3, 0.4) is 0 Å². The van der Waals surface area contributed by atoms with Gasteiger partial charge in [-0.1, -0.05) is 12.1 Å². The average molecular weight is 357 g/mol. The highest BCUT2D eigenvalue weighted by molar-refractivity contribution is 5.95. The van der Waals surface area contributed by atoms with Crippen LogP contribution in [-0.2, 0) is 9.53 Å². The van der Waals surface area contributed by atoms with E-state index in [1.54, 1.807) is 43.0 Å². The Morgan fingerprint density at radius 2 is 2.00 bits per heavy atom. The summed E-state index contributed by atoms with van der Waals surface area (Å²) in [6.45, 7) is 7.46. The van der Waals surface area contributed by atoms with Gasteiger partial charge in [-0.25, -0.2) is 9.59 Å². The van der Waals surface area contributed by atoms with E-state index >= 15 is 0 Å². The SMILES string of the molecule is CCOC(=O)C1=C(C)N(C(C)C)C(=O)N[C@H]1c1ccc(OCC#N)cc1. The second-order valence-electron chi connectivity index (χ2n) is 6.08. The Kier molecular flexibility index (Phi) is 6.23. The first-order chi connectivity index (χ1) is 12.4. The van der Waals surface area contributed by atoms with Crippen molar-refractivity contribution >= 4 is 12.0 Å². The van der Waals surface area contributed by atoms with Gasteiger partial charge in [0.1, 0.15) is 11.8 Å². The maximum atomic E-state index is 12.6. The Hall–Kier alpha value is -3.01. The number of esters is 1. The lowest BCUT2D eigenvalue weighted by Crippen LogP contribution is -2.50. The molecule has 1 aromatic carbocycles. The lowest BCUT2D eigenvalue weighted by molar-refractivity contribution is -0.139. The van der Waals surface area contributed by atoms with Crippen LogP contribution in [0, 0.1) is 11.3 Å². The van der Waals surface area contributed by atoms with E-state index < -0.39 is 12.0 Å². The number of ether oxygens (including phenoxy) is 2. The van der Waals surface area contributed by atoms with Crippen molar-refractivity contribution in [2.45, 2.75) is 39.8 Å². The molecule has 26 heavy (non-hydrogen) atoms. The highest BCUT2D eigenvalue weighted by atomic mass is 16.5. The number of benzene rings is 1. The Morgan fingerprint density at radius 3 is 2.54 bits per heavy atom. The quantitative estimate of drug-likeness (QED) is 0.791. The summed E-state index contributed by atoms with van der Waals surface area (Å²) in [7, 11) is 0.